The molecule has 132 valence electrons. The van der Waals surface area contributed by atoms with Crippen molar-refractivity contribution in [3.05, 3.63) is 48.0 Å². The maximum atomic E-state index is 12.3. The number of ether oxygens (including phenoxy) is 1. The molecular weight excluding hydrogens is 314 g/mol. The second kappa shape index (κ2) is 8.15. The van der Waals surface area contributed by atoms with Crippen molar-refractivity contribution in [2.45, 2.75) is 57.6 Å². The zero-order valence-corrected chi connectivity index (χ0v) is 14.7. The SMILES string of the molecule is CC(OC(=O)Cc1cccc2ccccc12)C(=O)NC1CCCCC1. The zero-order valence-electron chi connectivity index (χ0n) is 14.7. The Labute approximate surface area is 148 Å². The molecule has 4 nitrogen and oxygen atoms in total. The van der Waals surface area contributed by atoms with E-state index in [0.717, 1.165) is 42.0 Å². The Kier molecular flexibility index (Phi) is 5.69. The lowest BCUT2D eigenvalue weighted by molar-refractivity contribution is -0.154. The molecule has 1 unspecified atom stereocenters. The maximum Gasteiger partial charge on any atom is 0.311 e. The van der Waals surface area contributed by atoms with Crippen LogP contribution in [-0.4, -0.2) is 24.0 Å². The van der Waals surface area contributed by atoms with Gasteiger partial charge in [0.1, 0.15) is 0 Å². The van der Waals surface area contributed by atoms with Gasteiger partial charge in [0.15, 0.2) is 6.10 Å². The van der Waals surface area contributed by atoms with Crippen LogP contribution in [0.2, 0.25) is 0 Å². The van der Waals surface area contributed by atoms with Gasteiger partial charge >= 0.3 is 5.97 Å². The van der Waals surface area contributed by atoms with Gasteiger partial charge in [-0.3, -0.25) is 9.59 Å². The normalized spacial score (nSPS) is 16.4. The number of amides is 1. The number of hydrogen-bond acceptors (Lipinski definition) is 3. The predicted molar refractivity (Wildman–Crippen MR) is 98.2 cm³/mol. The molecule has 2 aromatic carbocycles. The molecule has 1 aliphatic carbocycles. The largest absolute Gasteiger partial charge is 0.452 e. The van der Waals surface area contributed by atoms with E-state index in [-0.39, 0.29) is 24.3 Å². The summed E-state index contributed by atoms with van der Waals surface area (Å²) in [6.45, 7) is 1.64. The third kappa shape index (κ3) is 4.59. The first-order chi connectivity index (χ1) is 12.1. The Balaban J connectivity index is 1.56. The first kappa shape index (κ1) is 17.5. The summed E-state index contributed by atoms with van der Waals surface area (Å²) < 4.78 is 5.36. The van der Waals surface area contributed by atoms with Crippen LogP contribution >= 0.6 is 0 Å². The molecule has 1 amide bonds. The van der Waals surface area contributed by atoms with E-state index in [0.29, 0.717) is 0 Å². The van der Waals surface area contributed by atoms with Crippen LogP contribution in [0.15, 0.2) is 42.5 Å². The summed E-state index contributed by atoms with van der Waals surface area (Å²) in [5, 5.41) is 5.14. The average Bonchev–Trinajstić information content (AvgIpc) is 2.63. The van der Waals surface area contributed by atoms with Crippen LogP contribution in [0.4, 0.5) is 0 Å². The van der Waals surface area contributed by atoms with Crippen molar-refractivity contribution >= 4 is 22.6 Å². The molecule has 4 heteroatoms. The van der Waals surface area contributed by atoms with Gasteiger partial charge in [-0.2, -0.15) is 0 Å². The molecule has 2 aromatic rings. The number of hydrogen-bond donors (Lipinski definition) is 1. The molecule has 0 aliphatic heterocycles. The molecule has 25 heavy (non-hydrogen) atoms. The molecule has 1 N–H and O–H groups in total. The number of esters is 1. The van der Waals surface area contributed by atoms with E-state index in [1.165, 1.54) is 6.42 Å². The van der Waals surface area contributed by atoms with Gasteiger partial charge in [0.25, 0.3) is 5.91 Å². The summed E-state index contributed by atoms with van der Waals surface area (Å²) in [4.78, 5) is 24.5. The Hall–Kier alpha value is -2.36. The van der Waals surface area contributed by atoms with Crippen molar-refractivity contribution in [1.82, 2.24) is 5.32 Å². The summed E-state index contributed by atoms with van der Waals surface area (Å²) in [5.41, 5.74) is 0.919. The molecule has 1 saturated carbocycles. The number of carbonyl (C=O) groups is 2. The van der Waals surface area contributed by atoms with Gasteiger partial charge in [0.2, 0.25) is 0 Å². The highest BCUT2D eigenvalue weighted by atomic mass is 16.5. The standard InChI is InChI=1S/C21H25NO3/c1-15(21(24)22-18-11-3-2-4-12-18)25-20(23)14-17-10-7-9-16-8-5-6-13-19(16)17/h5-10,13,15,18H,2-4,11-12,14H2,1H3,(H,22,24). The molecule has 0 heterocycles. The van der Waals surface area contributed by atoms with Gasteiger partial charge in [-0.15, -0.1) is 0 Å². The molecule has 0 aromatic heterocycles. The third-order valence-electron chi connectivity index (χ3n) is 4.84. The number of carbonyl (C=O) groups excluding carboxylic acids is 2. The molecule has 1 atom stereocenters. The monoisotopic (exact) mass is 339 g/mol. The summed E-state index contributed by atoms with van der Waals surface area (Å²) in [5.74, 6) is -0.569. The summed E-state index contributed by atoms with van der Waals surface area (Å²) >= 11 is 0. The summed E-state index contributed by atoms with van der Waals surface area (Å²) in [6.07, 6.45) is 4.99. The number of nitrogens with one attached hydrogen (secondary N) is 1. The van der Waals surface area contributed by atoms with E-state index >= 15 is 0 Å². The van der Waals surface area contributed by atoms with Crippen LogP contribution in [0.3, 0.4) is 0 Å². The molecule has 1 fully saturated rings. The van der Waals surface area contributed by atoms with Crippen LogP contribution in [0.1, 0.15) is 44.6 Å². The Morgan fingerprint density at radius 2 is 1.80 bits per heavy atom. The lowest BCUT2D eigenvalue weighted by Crippen LogP contribution is -2.42. The molecule has 1 aliphatic rings. The highest BCUT2D eigenvalue weighted by Gasteiger charge is 2.22. The fourth-order valence-corrected chi connectivity index (χ4v) is 3.46. The highest BCUT2D eigenvalue weighted by Crippen LogP contribution is 2.20. The van der Waals surface area contributed by atoms with E-state index in [2.05, 4.69) is 5.32 Å². The minimum Gasteiger partial charge on any atom is -0.452 e. The third-order valence-corrected chi connectivity index (χ3v) is 4.84. The van der Waals surface area contributed by atoms with E-state index in [1.54, 1.807) is 6.92 Å². The maximum absolute atomic E-state index is 12.3. The van der Waals surface area contributed by atoms with Crippen molar-refractivity contribution in [2.24, 2.45) is 0 Å². The Morgan fingerprint density at radius 1 is 1.08 bits per heavy atom. The van der Waals surface area contributed by atoms with Gasteiger partial charge in [-0.25, -0.2) is 0 Å². The number of rotatable bonds is 5. The Bertz CT molecular complexity index is 744. The zero-order chi connectivity index (χ0) is 17.6. The molecule has 0 spiro atoms. The summed E-state index contributed by atoms with van der Waals surface area (Å²) in [6, 6.07) is 14.0. The summed E-state index contributed by atoms with van der Waals surface area (Å²) in [7, 11) is 0. The lowest BCUT2D eigenvalue weighted by Gasteiger charge is -2.24. The van der Waals surface area contributed by atoms with Crippen molar-refractivity contribution in [1.29, 1.82) is 0 Å². The van der Waals surface area contributed by atoms with E-state index in [1.807, 2.05) is 42.5 Å². The van der Waals surface area contributed by atoms with E-state index in [4.69, 9.17) is 4.74 Å². The quantitative estimate of drug-likeness (QED) is 0.844. The lowest BCUT2D eigenvalue weighted by atomic mass is 9.95. The second-order valence-corrected chi connectivity index (χ2v) is 6.79. The topological polar surface area (TPSA) is 55.4 Å². The van der Waals surface area contributed by atoms with Crippen molar-refractivity contribution in [3.8, 4) is 0 Å². The molecular formula is C21H25NO3. The highest BCUT2D eigenvalue weighted by molar-refractivity contribution is 5.90. The van der Waals surface area contributed by atoms with Crippen LogP contribution in [0.5, 0.6) is 0 Å². The first-order valence-corrected chi connectivity index (χ1v) is 9.10. The Morgan fingerprint density at radius 3 is 2.60 bits per heavy atom. The first-order valence-electron chi connectivity index (χ1n) is 9.10. The van der Waals surface area contributed by atoms with Gasteiger partial charge < -0.3 is 10.1 Å². The minimum absolute atomic E-state index is 0.169. The number of fused-ring (bicyclic) bond motifs is 1. The van der Waals surface area contributed by atoms with Gasteiger partial charge in [0.05, 0.1) is 6.42 Å². The van der Waals surface area contributed by atoms with Crippen molar-refractivity contribution in [2.75, 3.05) is 0 Å². The van der Waals surface area contributed by atoms with Crippen LogP contribution in [0, 0.1) is 0 Å². The van der Waals surface area contributed by atoms with Gasteiger partial charge in [0, 0.05) is 6.04 Å². The van der Waals surface area contributed by atoms with E-state index in [9.17, 15) is 9.59 Å². The molecule has 3 rings (SSSR count). The minimum atomic E-state index is -0.760. The van der Waals surface area contributed by atoms with Crippen LogP contribution < -0.4 is 5.32 Å². The van der Waals surface area contributed by atoms with Gasteiger partial charge in [-0.05, 0) is 36.1 Å². The van der Waals surface area contributed by atoms with Gasteiger partial charge in [-0.1, -0.05) is 61.7 Å². The molecule has 0 radical (unpaired) electrons. The van der Waals surface area contributed by atoms with Crippen molar-refractivity contribution < 1.29 is 14.3 Å². The fourth-order valence-electron chi connectivity index (χ4n) is 3.46. The average molecular weight is 339 g/mol. The van der Waals surface area contributed by atoms with E-state index < -0.39 is 6.10 Å². The molecule has 0 saturated heterocycles. The molecule has 0 bridgehead atoms. The number of benzene rings is 2. The van der Waals surface area contributed by atoms with Crippen molar-refractivity contribution in [3.63, 3.8) is 0 Å². The predicted octanol–water partition coefficient (Wildman–Crippen LogP) is 3.76. The van der Waals surface area contributed by atoms with Crippen LogP contribution in [0.25, 0.3) is 10.8 Å². The smallest absolute Gasteiger partial charge is 0.311 e. The fraction of sp³-hybridized carbons (Fsp3) is 0.429. The van der Waals surface area contributed by atoms with Crippen LogP contribution in [-0.2, 0) is 20.7 Å². The second-order valence-electron chi connectivity index (χ2n) is 6.79.